The molecule has 2 aliphatic heterocycles. The molecule has 1 saturated heterocycles. The molecule has 2 N–H and O–H groups in total. The van der Waals surface area contributed by atoms with Crippen LogP contribution < -0.4 is 5.32 Å². The van der Waals surface area contributed by atoms with Crippen molar-refractivity contribution in [3.63, 3.8) is 0 Å². The second-order valence-corrected chi connectivity index (χ2v) is 8.81. The zero-order chi connectivity index (χ0) is 20.0. The number of hydrogen-bond acceptors (Lipinski definition) is 3. The zero-order valence-corrected chi connectivity index (χ0v) is 16.8. The molecule has 150 valence electrons. The zero-order valence-electron chi connectivity index (χ0n) is 16.8. The highest BCUT2D eigenvalue weighted by atomic mass is 16.3. The molecule has 29 heavy (non-hydrogen) atoms. The van der Waals surface area contributed by atoms with Gasteiger partial charge in [-0.3, -0.25) is 4.79 Å². The standard InChI is InChI=1S/C25H28N2O2/c1-16-11-13-27(14-12-16)25(29)17-9-10-22-21(15-17)18-6-4-7-19(18)24(26-22)20-5-2-3-8-23(20)28/h2-6,8-10,15-16,18-19,24,26,28H,7,11-14H2,1H3. The number of aromatic hydroxyl groups is 1. The second-order valence-electron chi connectivity index (χ2n) is 8.81. The molecule has 3 atom stereocenters. The first-order valence-electron chi connectivity index (χ1n) is 10.8. The lowest BCUT2D eigenvalue weighted by atomic mass is 9.76. The summed E-state index contributed by atoms with van der Waals surface area (Å²) in [5.41, 5.74) is 4.00. The third-order valence-electron chi connectivity index (χ3n) is 6.95. The van der Waals surface area contributed by atoms with Crippen molar-refractivity contribution in [2.45, 2.75) is 38.1 Å². The van der Waals surface area contributed by atoms with Gasteiger partial charge in [-0.15, -0.1) is 0 Å². The summed E-state index contributed by atoms with van der Waals surface area (Å²) in [5.74, 6) is 1.82. The van der Waals surface area contributed by atoms with Gasteiger partial charge in [-0.05, 0) is 60.9 Å². The maximum Gasteiger partial charge on any atom is 0.253 e. The van der Waals surface area contributed by atoms with E-state index in [0.29, 0.717) is 17.6 Å². The molecule has 0 saturated carbocycles. The highest BCUT2D eigenvalue weighted by molar-refractivity contribution is 5.95. The van der Waals surface area contributed by atoms with Crippen LogP contribution >= 0.6 is 0 Å². The lowest BCUT2D eigenvalue weighted by Gasteiger charge is -2.38. The van der Waals surface area contributed by atoms with Crippen LogP contribution in [0.25, 0.3) is 0 Å². The SMILES string of the molecule is CC1CCN(C(=O)c2ccc3c(c2)C2C=CCC2C(c2ccccc2O)N3)CC1. The summed E-state index contributed by atoms with van der Waals surface area (Å²) in [4.78, 5) is 15.1. The Hall–Kier alpha value is -2.75. The largest absolute Gasteiger partial charge is 0.508 e. The number of anilines is 1. The fourth-order valence-electron chi connectivity index (χ4n) is 5.18. The Bertz CT molecular complexity index is 959. The molecular formula is C25H28N2O2. The van der Waals surface area contributed by atoms with E-state index in [-0.39, 0.29) is 17.9 Å². The maximum atomic E-state index is 13.1. The topological polar surface area (TPSA) is 52.6 Å². The lowest BCUT2D eigenvalue weighted by Crippen LogP contribution is -2.38. The van der Waals surface area contributed by atoms with E-state index in [1.54, 1.807) is 6.07 Å². The van der Waals surface area contributed by atoms with Crippen molar-refractivity contribution in [3.8, 4) is 5.75 Å². The van der Waals surface area contributed by atoms with E-state index in [2.05, 4.69) is 30.5 Å². The van der Waals surface area contributed by atoms with Gasteiger partial charge in [0.05, 0.1) is 6.04 Å². The number of likely N-dealkylation sites (tertiary alicyclic amines) is 1. The van der Waals surface area contributed by atoms with Gasteiger partial charge in [-0.25, -0.2) is 0 Å². The molecule has 0 aromatic heterocycles. The van der Waals surface area contributed by atoms with Crippen molar-refractivity contribution in [1.82, 2.24) is 4.90 Å². The van der Waals surface area contributed by atoms with Crippen molar-refractivity contribution < 1.29 is 9.90 Å². The summed E-state index contributed by atoms with van der Waals surface area (Å²) in [7, 11) is 0. The average molecular weight is 389 g/mol. The van der Waals surface area contributed by atoms with Gasteiger partial charge in [0.2, 0.25) is 0 Å². The van der Waals surface area contributed by atoms with Crippen LogP contribution in [0.15, 0.2) is 54.6 Å². The number of fused-ring (bicyclic) bond motifs is 3. The predicted octanol–water partition coefficient (Wildman–Crippen LogP) is 5.09. The lowest BCUT2D eigenvalue weighted by molar-refractivity contribution is 0.0697. The van der Waals surface area contributed by atoms with Crippen LogP contribution in [0.3, 0.4) is 0 Å². The van der Waals surface area contributed by atoms with E-state index in [1.165, 1.54) is 5.56 Å². The van der Waals surface area contributed by atoms with Gasteiger partial charge in [-0.1, -0.05) is 37.3 Å². The molecule has 4 nitrogen and oxygen atoms in total. The van der Waals surface area contributed by atoms with Gasteiger partial charge in [0.25, 0.3) is 5.91 Å². The van der Waals surface area contributed by atoms with Crippen LogP contribution in [-0.2, 0) is 0 Å². The monoisotopic (exact) mass is 388 g/mol. The number of nitrogens with one attached hydrogen (secondary N) is 1. The van der Waals surface area contributed by atoms with Gasteiger partial charge >= 0.3 is 0 Å². The third kappa shape index (κ3) is 3.21. The van der Waals surface area contributed by atoms with Gasteiger partial charge < -0.3 is 15.3 Å². The molecule has 3 aliphatic rings. The van der Waals surface area contributed by atoms with E-state index in [0.717, 1.165) is 49.2 Å². The number of phenols is 1. The first-order valence-corrected chi connectivity index (χ1v) is 10.8. The number of carbonyl (C=O) groups is 1. The smallest absolute Gasteiger partial charge is 0.253 e. The summed E-state index contributed by atoms with van der Waals surface area (Å²) in [6, 6.07) is 13.8. The molecule has 2 heterocycles. The van der Waals surface area contributed by atoms with Crippen molar-refractivity contribution in [2.75, 3.05) is 18.4 Å². The van der Waals surface area contributed by atoms with E-state index < -0.39 is 0 Å². The van der Waals surface area contributed by atoms with Gasteiger partial charge in [0.1, 0.15) is 5.75 Å². The maximum absolute atomic E-state index is 13.1. The number of para-hydroxylation sites is 1. The summed E-state index contributed by atoms with van der Waals surface area (Å²) < 4.78 is 0. The number of phenolic OH excluding ortho intramolecular Hbond substituents is 1. The molecule has 3 unspecified atom stereocenters. The first kappa shape index (κ1) is 18.3. The Morgan fingerprint density at radius 1 is 1.10 bits per heavy atom. The van der Waals surface area contributed by atoms with Crippen molar-refractivity contribution in [3.05, 3.63) is 71.3 Å². The summed E-state index contributed by atoms with van der Waals surface area (Å²) in [6.07, 6.45) is 7.66. The molecule has 5 rings (SSSR count). The molecule has 2 aromatic carbocycles. The molecule has 1 fully saturated rings. The second kappa shape index (κ2) is 7.25. The highest BCUT2D eigenvalue weighted by Crippen LogP contribution is 2.51. The first-order chi connectivity index (χ1) is 14.1. The molecule has 1 amide bonds. The minimum atomic E-state index is 0.0637. The van der Waals surface area contributed by atoms with Crippen LogP contribution in [0.1, 0.15) is 59.6 Å². The van der Waals surface area contributed by atoms with Gasteiger partial charge in [0.15, 0.2) is 0 Å². The number of benzene rings is 2. The van der Waals surface area contributed by atoms with Crippen LogP contribution in [0.4, 0.5) is 5.69 Å². The molecule has 4 heteroatoms. The quantitative estimate of drug-likeness (QED) is 0.705. The predicted molar refractivity (Wildman–Crippen MR) is 115 cm³/mol. The van der Waals surface area contributed by atoms with E-state index in [9.17, 15) is 9.90 Å². The minimum Gasteiger partial charge on any atom is -0.508 e. The summed E-state index contributed by atoms with van der Waals surface area (Å²) >= 11 is 0. The number of carbonyl (C=O) groups excluding carboxylic acids is 1. The molecule has 2 aromatic rings. The van der Waals surface area contributed by atoms with Crippen molar-refractivity contribution >= 4 is 11.6 Å². The fraction of sp³-hybridized carbons (Fsp3) is 0.400. The normalized spacial score (nSPS) is 26.0. The van der Waals surface area contributed by atoms with E-state index >= 15 is 0 Å². The molecule has 0 spiro atoms. The van der Waals surface area contributed by atoms with Crippen LogP contribution in [0, 0.1) is 11.8 Å². The van der Waals surface area contributed by atoms with Crippen LogP contribution in [0.2, 0.25) is 0 Å². The number of allylic oxidation sites excluding steroid dienone is 2. The van der Waals surface area contributed by atoms with Crippen LogP contribution in [-0.4, -0.2) is 29.0 Å². The van der Waals surface area contributed by atoms with Crippen molar-refractivity contribution in [2.24, 2.45) is 11.8 Å². The Labute approximate surface area is 172 Å². The van der Waals surface area contributed by atoms with Gasteiger partial charge in [-0.2, -0.15) is 0 Å². The summed E-state index contributed by atoms with van der Waals surface area (Å²) in [6.45, 7) is 3.98. The van der Waals surface area contributed by atoms with E-state index in [1.807, 2.05) is 35.2 Å². The Morgan fingerprint density at radius 3 is 2.69 bits per heavy atom. The Balaban J connectivity index is 1.46. The summed E-state index contributed by atoms with van der Waals surface area (Å²) in [5, 5.41) is 14.1. The number of amides is 1. The molecular weight excluding hydrogens is 360 g/mol. The number of nitrogens with zero attached hydrogens (tertiary/aromatic N) is 1. The molecule has 1 aliphatic carbocycles. The molecule has 0 radical (unpaired) electrons. The van der Waals surface area contributed by atoms with Crippen LogP contribution in [0.5, 0.6) is 5.75 Å². The minimum absolute atomic E-state index is 0.0637. The number of rotatable bonds is 2. The molecule has 0 bridgehead atoms. The Morgan fingerprint density at radius 2 is 1.90 bits per heavy atom. The van der Waals surface area contributed by atoms with Crippen molar-refractivity contribution in [1.29, 1.82) is 0 Å². The fourth-order valence-corrected chi connectivity index (χ4v) is 5.18. The average Bonchev–Trinajstić information content (AvgIpc) is 3.24. The highest BCUT2D eigenvalue weighted by Gasteiger charge is 2.39. The Kier molecular flexibility index (Phi) is 4.57. The number of piperidine rings is 1. The third-order valence-corrected chi connectivity index (χ3v) is 6.95. The number of hydrogen-bond donors (Lipinski definition) is 2. The van der Waals surface area contributed by atoms with E-state index in [4.69, 9.17) is 0 Å². The van der Waals surface area contributed by atoms with Gasteiger partial charge in [0, 0.05) is 35.8 Å².